The highest BCUT2D eigenvalue weighted by molar-refractivity contribution is 5.62. The Labute approximate surface area is 159 Å². The zero-order chi connectivity index (χ0) is 19.0. The number of aliphatic hydroxyl groups excluding tert-OH is 1. The van der Waals surface area contributed by atoms with E-state index in [2.05, 4.69) is 6.92 Å². The van der Waals surface area contributed by atoms with E-state index in [-0.39, 0.29) is 5.75 Å². The third-order valence-electron chi connectivity index (χ3n) is 7.45. The maximum atomic E-state index is 12.1. The Kier molecular flexibility index (Phi) is 3.83. The molecule has 1 heterocycles. The van der Waals surface area contributed by atoms with Crippen LogP contribution in [0.15, 0.2) is 12.1 Å². The minimum Gasteiger partial charge on any atom is -0.504 e. The summed E-state index contributed by atoms with van der Waals surface area (Å²) in [6, 6.07) is 3.07. The fourth-order valence-corrected chi connectivity index (χ4v) is 6.14. The van der Waals surface area contributed by atoms with E-state index in [1.807, 2.05) is 6.07 Å². The molecule has 0 spiro atoms. The summed E-state index contributed by atoms with van der Waals surface area (Å²) in [5.74, 6) is 0.975. The molecule has 1 aliphatic heterocycles. The van der Waals surface area contributed by atoms with E-state index in [4.69, 9.17) is 4.74 Å². The van der Waals surface area contributed by atoms with Crippen LogP contribution in [0.3, 0.4) is 0 Å². The molecule has 0 aromatic heterocycles. The van der Waals surface area contributed by atoms with E-state index in [9.17, 15) is 20.5 Å². The summed E-state index contributed by atoms with van der Waals surface area (Å²) >= 11 is 0. The molecule has 2 saturated carbocycles. The van der Waals surface area contributed by atoms with Crippen molar-refractivity contribution in [3.05, 3.63) is 23.3 Å². The fraction of sp³-hybridized carbons (Fsp3) is 0.714. The van der Waals surface area contributed by atoms with Crippen LogP contribution >= 0.6 is 0 Å². The number of benzene rings is 1. The van der Waals surface area contributed by atoms with Crippen molar-refractivity contribution in [2.75, 3.05) is 6.54 Å². The number of hydrogen-bond donors (Lipinski definition) is 4. The van der Waals surface area contributed by atoms with E-state index in [1.165, 1.54) is 5.06 Å². The number of phenolic OH excluding ortho intramolecular Hbond substituents is 1. The van der Waals surface area contributed by atoms with Crippen LogP contribution in [0.2, 0.25) is 0 Å². The fourth-order valence-electron chi connectivity index (χ4n) is 6.14. The van der Waals surface area contributed by atoms with Crippen LogP contribution in [0.1, 0.15) is 56.6 Å². The largest absolute Gasteiger partial charge is 0.504 e. The highest BCUT2D eigenvalue weighted by Crippen LogP contribution is 2.64. The van der Waals surface area contributed by atoms with Crippen LogP contribution in [0.4, 0.5) is 0 Å². The Morgan fingerprint density at radius 1 is 1.26 bits per heavy atom. The minimum atomic E-state index is -1.21. The quantitative estimate of drug-likeness (QED) is 0.589. The van der Waals surface area contributed by atoms with Crippen LogP contribution in [0.5, 0.6) is 11.5 Å². The lowest BCUT2D eigenvalue weighted by atomic mass is 9.50. The summed E-state index contributed by atoms with van der Waals surface area (Å²) in [4.78, 5) is 0. The molecule has 5 rings (SSSR count). The molecule has 148 valence electrons. The Bertz CT molecular complexity index is 765. The van der Waals surface area contributed by atoms with E-state index < -0.39 is 29.3 Å². The van der Waals surface area contributed by atoms with Gasteiger partial charge < -0.3 is 25.3 Å². The predicted octanol–water partition coefficient (Wildman–Crippen LogP) is 2.10. The van der Waals surface area contributed by atoms with Gasteiger partial charge in [-0.1, -0.05) is 19.4 Å². The zero-order valence-electron chi connectivity index (χ0n) is 15.8. The Morgan fingerprint density at radius 3 is 2.74 bits per heavy atom. The Balaban J connectivity index is 1.70. The van der Waals surface area contributed by atoms with Gasteiger partial charge in [0.05, 0.1) is 23.2 Å². The van der Waals surface area contributed by atoms with E-state index in [0.717, 1.165) is 30.4 Å². The monoisotopic (exact) mass is 375 g/mol. The van der Waals surface area contributed by atoms with Crippen LogP contribution in [0, 0.1) is 5.92 Å². The predicted molar refractivity (Wildman–Crippen MR) is 98.0 cm³/mol. The lowest BCUT2D eigenvalue weighted by Crippen LogP contribution is -2.73. The second kappa shape index (κ2) is 5.83. The average molecular weight is 375 g/mol. The van der Waals surface area contributed by atoms with Crippen molar-refractivity contribution >= 4 is 0 Å². The number of rotatable bonds is 5. The van der Waals surface area contributed by atoms with Gasteiger partial charge in [0.2, 0.25) is 0 Å². The smallest absolute Gasteiger partial charge is 0.165 e. The molecule has 4 unspecified atom stereocenters. The Morgan fingerprint density at radius 2 is 2.04 bits per heavy atom. The molecule has 4 aliphatic rings. The second-order valence-corrected chi connectivity index (χ2v) is 9.02. The van der Waals surface area contributed by atoms with Crippen molar-refractivity contribution in [2.24, 2.45) is 5.92 Å². The van der Waals surface area contributed by atoms with Crippen molar-refractivity contribution < 1.29 is 25.3 Å². The topological polar surface area (TPSA) is 93.4 Å². The molecule has 0 saturated heterocycles. The maximum Gasteiger partial charge on any atom is 0.165 e. The minimum absolute atomic E-state index is 0.0606. The molecule has 0 bridgehead atoms. The van der Waals surface area contributed by atoms with Gasteiger partial charge in [-0.05, 0) is 56.1 Å². The van der Waals surface area contributed by atoms with Crippen molar-refractivity contribution in [2.45, 2.75) is 81.1 Å². The normalized spacial score (nSPS) is 39.4. The van der Waals surface area contributed by atoms with Gasteiger partial charge in [-0.15, -0.1) is 0 Å². The molecule has 1 aromatic carbocycles. The molecule has 0 radical (unpaired) electrons. The van der Waals surface area contributed by atoms with E-state index in [0.29, 0.717) is 43.9 Å². The molecule has 6 nitrogen and oxygen atoms in total. The van der Waals surface area contributed by atoms with Crippen molar-refractivity contribution in [1.82, 2.24) is 5.06 Å². The molecule has 27 heavy (non-hydrogen) atoms. The first kappa shape index (κ1) is 17.7. The van der Waals surface area contributed by atoms with Crippen LogP contribution in [-0.2, 0) is 11.8 Å². The van der Waals surface area contributed by atoms with Crippen LogP contribution < -0.4 is 4.74 Å². The first-order valence-corrected chi connectivity index (χ1v) is 10.3. The van der Waals surface area contributed by atoms with Gasteiger partial charge in [0.15, 0.2) is 11.5 Å². The number of nitrogens with zero attached hydrogens (tertiary/aromatic N) is 1. The highest BCUT2D eigenvalue weighted by atomic mass is 16.5. The molecule has 3 aliphatic carbocycles. The molecular formula is C21H29NO5. The number of aromatic hydroxyl groups is 1. The lowest BCUT2D eigenvalue weighted by molar-refractivity contribution is -0.242. The molecule has 4 N–H and O–H groups in total. The molecule has 1 aromatic rings. The van der Waals surface area contributed by atoms with Gasteiger partial charge in [0, 0.05) is 12.1 Å². The van der Waals surface area contributed by atoms with Gasteiger partial charge >= 0.3 is 0 Å². The molecular weight excluding hydrogens is 346 g/mol. The first-order chi connectivity index (χ1) is 12.9. The van der Waals surface area contributed by atoms with Crippen LogP contribution in [0.25, 0.3) is 0 Å². The summed E-state index contributed by atoms with van der Waals surface area (Å²) in [5, 5.41) is 45.6. The number of aliphatic hydroxyl groups is 2. The van der Waals surface area contributed by atoms with Gasteiger partial charge in [-0.25, -0.2) is 0 Å². The SMILES string of the molecule is CCC[C@@]12c3c4ccc(O)c3OC1C(O)CCC2(O)C(N(O)CC1CC1)C4. The molecule has 2 fully saturated rings. The Hall–Kier alpha value is -1.34. The second-order valence-electron chi connectivity index (χ2n) is 9.02. The standard InChI is InChI=1S/C21H29NO5/c1-2-8-20-17-13-5-6-14(23)18(17)27-19(20)15(24)7-9-21(20,25)16(10-13)22(26)11-12-3-4-12/h5-6,12,15-16,19,23-26H,2-4,7-11H2,1H3/t15?,16?,19?,20-,21?/m1/s1. The zero-order valence-corrected chi connectivity index (χ0v) is 15.8. The average Bonchev–Trinajstić information content (AvgIpc) is 3.37. The third-order valence-corrected chi connectivity index (χ3v) is 7.45. The summed E-state index contributed by atoms with van der Waals surface area (Å²) in [5.41, 5.74) is -0.164. The number of phenols is 1. The summed E-state index contributed by atoms with van der Waals surface area (Å²) in [6.45, 7) is 2.63. The van der Waals surface area contributed by atoms with E-state index in [1.54, 1.807) is 6.07 Å². The number of hydroxylamine groups is 2. The highest BCUT2D eigenvalue weighted by Gasteiger charge is 2.71. The summed E-state index contributed by atoms with van der Waals surface area (Å²) in [6.07, 6.45) is 3.75. The summed E-state index contributed by atoms with van der Waals surface area (Å²) in [7, 11) is 0. The van der Waals surface area contributed by atoms with Gasteiger partial charge in [0.1, 0.15) is 6.10 Å². The maximum absolute atomic E-state index is 12.1. The third kappa shape index (κ3) is 2.21. The van der Waals surface area contributed by atoms with Gasteiger partial charge in [-0.2, -0.15) is 5.06 Å². The van der Waals surface area contributed by atoms with Crippen molar-refractivity contribution in [1.29, 1.82) is 0 Å². The van der Waals surface area contributed by atoms with Gasteiger partial charge in [-0.3, -0.25) is 0 Å². The first-order valence-electron chi connectivity index (χ1n) is 10.3. The van der Waals surface area contributed by atoms with Crippen molar-refractivity contribution in [3.63, 3.8) is 0 Å². The number of hydrogen-bond acceptors (Lipinski definition) is 6. The molecule has 6 heteroatoms. The molecule has 5 atom stereocenters. The van der Waals surface area contributed by atoms with Crippen LogP contribution in [-0.4, -0.2) is 56.0 Å². The van der Waals surface area contributed by atoms with Crippen molar-refractivity contribution in [3.8, 4) is 11.5 Å². The lowest BCUT2D eigenvalue weighted by Gasteiger charge is -2.59. The number of ether oxygens (including phenoxy) is 1. The summed E-state index contributed by atoms with van der Waals surface area (Å²) < 4.78 is 6.13. The van der Waals surface area contributed by atoms with E-state index >= 15 is 0 Å². The van der Waals surface area contributed by atoms with Gasteiger partial charge in [0.25, 0.3) is 0 Å². The molecule has 0 amide bonds.